The van der Waals surface area contributed by atoms with Crippen molar-refractivity contribution in [3.63, 3.8) is 0 Å². The first-order valence-electron chi connectivity index (χ1n) is 8.14. The van der Waals surface area contributed by atoms with Gasteiger partial charge in [-0.05, 0) is 62.9 Å². The molecule has 0 spiro atoms. The summed E-state index contributed by atoms with van der Waals surface area (Å²) in [7, 11) is 0. The van der Waals surface area contributed by atoms with Gasteiger partial charge in [0.25, 0.3) is 0 Å². The fraction of sp³-hybridized carbons (Fsp3) is 0.647. The molecule has 2 aliphatic rings. The van der Waals surface area contributed by atoms with Gasteiger partial charge in [0.2, 0.25) is 0 Å². The van der Waals surface area contributed by atoms with Crippen LogP contribution in [-0.2, 0) is 0 Å². The number of benzene rings is 1. The van der Waals surface area contributed by atoms with E-state index in [1.54, 1.807) is 0 Å². The normalized spacial score (nSPS) is 22.5. The number of piperidine rings is 1. The SMILES string of the molecule is Brc1cccc(OCCN(CC2CCCNC2)C2CC2)c1. The first-order chi connectivity index (χ1) is 10.3. The average molecular weight is 353 g/mol. The molecule has 1 saturated heterocycles. The van der Waals surface area contributed by atoms with Crippen molar-refractivity contribution in [2.24, 2.45) is 5.92 Å². The molecule has 116 valence electrons. The molecule has 0 bridgehead atoms. The molecule has 1 aromatic carbocycles. The molecule has 1 atom stereocenters. The van der Waals surface area contributed by atoms with Crippen LogP contribution in [0.15, 0.2) is 28.7 Å². The van der Waals surface area contributed by atoms with Crippen molar-refractivity contribution < 1.29 is 4.74 Å². The first kappa shape index (κ1) is 15.3. The van der Waals surface area contributed by atoms with Crippen LogP contribution in [0.2, 0.25) is 0 Å². The fourth-order valence-electron chi connectivity index (χ4n) is 3.11. The molecule has 0 aromatic heterocycles. The first-order valence-corrected chi connectivity index (χ1v) is 8.94. The standard InChI is InChI=1S/C17H25BrN2O/c18-15-4-1-5-17(11-15)21-10-9-20(16-6-7-16)13-14-3-2-8-19-12-14/h1,4-5,11,14,16,19H,2-3,6-10,12-13H2. The number of nitrogens with zero attached hydrogens (tertiary/aromatic N) is 1. The molecule has 4 heteroatoms. The lowest BCUT2D eigenvalue weighted by Gasteiger charge is -2.30. The molecule has 0 radical (unpaired) electrons. The summed E-state index contributed by atoms with van der Waals surface area (Å²) in [6.07, 6.45) is 5.45. The Kier molecular flexibility index (Phi) is 5.55. The van der Waals surface area contributed by atoms with E-state index in [0.29, 0.717) is 0 Å². The Bertz CT molecular complexity index is 444. The Hall–Kier alpha value is -0.580. The summed E-state index contributed by atoms with van der Waals surface area (Å²) in [4.78, 5) is 2.65. The maximum Gasteiger partial charge on any atom is 0.120 e. The lowest BCUT2D eigenvalue weighted by atomic mass is 9.99. The molecule has 3 nitrogen and oxygen atoms in total. The van der Waals surface area contributed by atoms with Gasteiger partial charge in [-0.25, -0.2) is 0 Å². The maximum absolute atomic E-state index is 5.90. The Morgan fingerprint density at radius 1 is 1.29 bits per heavy atom. The zero-order valence-electron chi connectivity index (χ0n) is 12.6. The van der Waals surface area contributed by atoms with Crippen LogP contribution in [0, 0.1) is 5.92 Å². The van der Waals surface area contributed by atoms with Gasteiger partial charge >= 0.3 is 0 Å². The van der Waals surface area contributed by atoms with E-state index in [1.165, 1.54) is 45.3 Å². The average Bonchev–Trinajstić information content (AvgIpc) is 3.32. The van der Waals surface area contributed by atoms with Crippen LogP contribution in [0.4, 0.5) is 0 Å². The fourth-order valence-corrected chi connectivity index (χ4v) is 3.49. The number of nitrogens with one attached hydrogen (secondary N) is 1. The highest BCUT2D eigenvalue weighted by Crippen LogP contribution is 2.28. The van der Waals surface area contributed by atoms with Gasteiger partial charge < -0.3 is 10.1 Å². The number of hydrogen-bond donors (Lipinski definition) is 1. The van der Waals surface area contributed by atoms with Gasteiger partial charge in [-0.3, -0.25) is 4.90 Å². The van der Waals surface area contributed by atoms with Crippen LogP contribution in [0.25, 0.3) is 0 Å². The molecule has 1 aromatic rings. The van der Waals surface area contributed by atoms with Crippen LogP contribution in [0.1, 0.15) is 25.7 Å². The van der Waals surface area contributed by atoms with Crippen LogP contribution in [0.3, 0.4) is 0 Å². The number of hydrogen-bond acceptors (Lipinski definition) is 3. The Balaban J connectivity index is 1.44. The molecule has 1 unspecified atom stereocenters. The van der Waals surface area contributed by atoms with E-state index >= 15 is 0 Å². The maximum atomic E-state index is 5.90. The van der Waals surface area contributed by atoms with Crippen molar-refractivity contribution in [3.8, 4) is 5.75 Å². The van der Waals surface area contributed by atoms with Gasteiger partial charge in [0.15, 0.2) is 0 Å². The lowest BCUT2D eigenvalue weighted by molar-refractivity contribution is 0.166. The Morgan fingerprint density at radius 2 is 2.19 bits per heavy atom. The third kappa shape index (κ3) is 4.97. The van der Waals surface area contributed by atoms with Gasteiger partial charge in [0, 0.05) is 23.6 Å². The highest BCUT2D eigenvalue weighted by Gasteiger charge is 2.30. The molecule has 1 heterocycles. The zero-order valence-corrected chi connectivity index (χ0v) is 14.1. The predicted octanol–water partition coefficient (Wildman–Crippen LogP) is 3.29. The molecular weight excluding hydrogens is 328 g/mol. The summed E-state index contributed by atoms with van der Waals surface area (Å²) < 4.78 is 6.97. The van der Waals surface area contributed by atoms with Crippen molar-refractivity contribution in [3.05, 3.63) is 28.7 Å². The monoisotopic (exact) mass is 352 g/mol. The minimum Gasteiger partial charge on any atom is -0.492 e. The minimum atomic E-state index is 0.785. The molecule has 0 amide bonds. The highest BCUT2D eigenvalue weighted by atomic mass is 79.9. The van der Waals surface area contributed by atoms with Crippen LogP contribution in [0.5, 0.6) is 5.75 Å². The van der Waals surface area contributed by atoms with Crippen LogP contribution in [-0.4, -0.2) is 43.7 Å². The predicted molar refractivity (Wildman–Crippen MR) is 89.8 cm³/mol. The number of ether oxygens (including phenoxy) is 1. The third-order valence-corrected chi connectivity index (χ3v) is 4.89. The van der Waals surface area contributed by atoms with Crippen LogP contribution < -0.4 is 10.1 Å². The van der Waals surface area contributed by atoms with E-state index in [0.717, 1.165) is 35.3 Å². The summed E-state index contributed by atoms with van der Waals surface area (Å²) in [5, 5.41) is 3.52. The van der Waals surface area contributed by atoms with Crippen molar-refractivity contribution >= 4 is 15.9 Å². The topological polar surface area (TPSA) is 24.5 Å². The zero-order chi connectivity index (χ0) is 14.5. The summed E-state index contributed by atoms with van der Waals surface area (Å²) in [6.45, 7) is 5.46. The van der Waals surface area contributed by atoms with Crippen molar-refractivity contribution in [1.29, 1.82) is 0 Å². The molecule has 1 aliphatic heterocycles. The molecular formula is C17H25BrN2O. The summed E-state index contributed by atoms with van der Waals surface area (Å²) >= 11 is 3.48. The largest absolute Gasteiger partial charge is 0.492 e. The van der Waals surface area contributed by atoms with Gasteiger partial charge in [0.05, 0.1) is 0 Å². The highest BCUT2D eigenvalue weighted by molar-refractivity contribution is 9.10. The molecule has 1 saturated carbocycles. The quantitative estimate of drug-likeness (QED) is 0.814. The third-order valence-electron chi connectivity index (χ3n) is 4.40. The second-order valence-electron chi connectivity index (χ2n) is 6.24. The Morgan fingerprint density at radius 3 is 2.90 bits per heavy atom. The minimum absolute atomic E-state index is 0.785. The second-order valence-corrected chi connectivity index (χ2v) is 7.16. The van der Waals surface area contributed by atoms with E-state index in [9.17, 15) is 0 Å². The molecule has 1 aliphatic carbocycles. The van der Waals surface area contributed by atoms with E-state index in [4.69, 9.17) is 4.74 Å². The van der Waals surface area contributed by atoms with E-state index < -0.39 is 0 Å². The molecule has 3 rings (SSSR count). The molecule has 1 N–H and O–H groups in total. The van der Waals surface area contributed by atoms with E-state index in [2.05, 4.69) is 26.1 Å². The van der Waals surface area contributed by atoms with E-state index in [1.807, 2.05) is 24.3 Å². The Labute approximate surface area is 136 Å². The molecule has 2 fully saturated rings. The summed E-state index contributed by atoms with van der Waals surface area (Å²) in [5.74, 6) is 1.78. The summed E-state index contributed by atoms with van der Waals surface area (Å²) in [5.41, 5.74) is 0. The molecule has 21 heavy (non-hydrogen) atoms. The van der Waals surface area contributed by atoms with Crippen molar-refractivity contribution in [1.82, 2.24) is 10.2 Å². The summed E-state index contributed by atoms with van der Waals surface area (Å²) in [6, 6.07) is 8.92. The van der Waals surface area contributed by atoms with Gasteiger partial charge in [-0.1, -0.05) is 22.0 Å². The van der Waals surface area contributed by atoms with Crippen molar-refractivity contribution in [2.75, 3.05) is 32.8 Å². The lowest BCUT2D eigenvalue weighted by Crippen LogP contribution is -2.40. The van der Waals surface area contributed by atoms with Gasteiger partial charge in [0.1, 0.15) is 12.4 Å². The number of rotatable bonds is 7. The van der Waals surface area contributed by atoms with Gasteiger partial charge in [-0.2, -0.15) is 0 Å². The van der Waals surface area contributed by atoms with Crippen LogP contribution >= 0.6 is 15.9 Å². The second kappa shape index (κ2) is 7.61. The number of halogens is 1. The van der Waals surface area contributed by atoms with E-state index in [-0.39, 0.29) is 0 Å². The smallest absolute Gasteiger partial charge is 0.120 e. The van der Waals surface area contributed by atoms with Crippen molar-refractivity contribution in [2.45, 2.75) is 31.7 Å². The van der Waals surface area contributed by atoms with Gasteiger partial charge in [-0.15, -0.1) is 0 Å².